The highest BCUT2D eigenvalue weighted by Crippen LogP contribution is 2.06. The Kier molecular flexibility index (Phi) is 3.41. The van der Waals surface area contributed by atoms with Gasteiger partial charge in [0.15, 0.2) is 0 Å². The van der Waals surface area contributed by atoms with Crippen molar-refractivity contribution in [3.63, 3.8) is 0 Å². The maximum atomic E-state index is 3.51. The third kappa shape index (κ3) is 2.80. The van der Waals surface area contributed by atoms with Crippen LogP contribution in [0.5, 0.6) is 0 Å². The summed E-state index contributed by atoms with van der Waals surface area (Å²) >= 11 is 0. The summed E-state index contributed by atoms with van der Waals surface area (Å²) in [6, 6.07) is 10.4. The first kappa shape index (κ1) is 8.87. The first-order chi connectivity index (χ1) is 5.83. The Labute approximate surface area is 74.6 Å². The van der Waals surface area contributed by atoms with E-state index in [0.29, 0.717) is 5.92 Å². The Morgan fingerprint density at radius 2 is 2.00 bits per heavy atom. The standard InChI is InChI=1S/C12H13/c1-3-7-11(2)10-12-8-5-4-6-9-12/h4-6,8-9,11H,1,10H2,2H3. The summed E-state index contributed by atoms with van der Waals surface area (Å²) in [6.45, 7) is 5.62. The minimum Gasteiger partial charge on any atom is -0.102 e. The molecule has 0 spiro atoms. The molecule has 0 aliphatic carbocycles. The Morgan fingerprint density at radius 1 is 1.33 bits per heavy atom. The molecule has 0 heteroatoms. The zero-order chi connectivity index (χ0) is 8.81. The van der Waals surface area contributed by atoms with E-state index in [-0.39, 0.29) is 0 Å². The number of hydrogen-bond acceptors (Lipinski definition) is 0. The lowest BCUT2D eigenvalue weighted by atomic mass is 10.0. The van der Waals surface area contributed by atoms with Crippen LogP contribution in [0.25, 0.3) is 0 Å². The van der Waals surface area contributed by atoms with Crippen LogP contribution in [-0.2, 0) is 6.42 Å². The molecular weight excluding hydrogens is 144 g/mol. The molecule has 0 N–H and O–H groups in total. The van der Waals surface area contributed by atoms with Gasteiger partial charge in [-0.3, -0.25) is 0 Å². The smallest absolute Gasteiger partial charge is 0.0214 e. The van der Waals surface area contributed by atoms with Crippen LogP contribution in [-0.4, -0.2) is 0 Å². The van der Waals surface area contributed by atoms with Gasteiger partial charge in [0.1, 0.15) is 0 Å². The van der Waals surface area contributed by atoms with Gasteiger partial charge < -0.3 is 0 Å². The zero-order valence-corrected chi connectivity index (χ0v) is 7.38. The Balaban J connectivity index is 2.56. The van der Waals surface area contributed by atoms with E-state index in [9.17, 15) is 0 Å². The molecule has 0 aliphatic heterocycles. The second-order valence-corrected chi connectivity index (χ2v) is 2.91. The Bertz CT molecular complexity index is 274. The first-order valence-electron chi connectivity index (χ1n) is 4.14. The lowest BCUT2D eigenvalue weighted by Crippen LogP contribution is -1.95. The fraction of sp³-hybridized carbons (Fsp3) is 0.250. The molecule has 0 saturated heterocycles. The Morgan fingerprint density at radius 3 is 2.58 bits per heavy atom. The molecule has 0 bridgehead atoms. The van der Waals surface area contributed by atoms with Crippen molar-refractivity contribution in [1.82, 2.24) is 0 Å². The molecule has 1 aromatic carbocycles. The minimum atomic E-state index is 0.407. The fourth-order valence-electron chi connectivity index (χ4n) is 1.19. The summed E-state index contributed by atoms with van der Waals surface area (Å²) in [7, 11) is 0. The maximum Gasteiger partial charge on any atom is 0.0214 e. The summed E-state index contributed by atoms with van der Waals surface area (Å²) in [5.74, 6) is 6.13. The third-order valence-corrected chi connectivity index (χ3v) is 1.73. The molecule has 1 aromatic rings. The molecule has 1 radical (unpaired) electrons. The minimum absolute atomic E-state index is 0.407. The van der Waals surface area contributed by atoms with Crippen molar-refractivity contribution in [3.05, 3.63) is 42.8 Å². The van der Waals surface area contributed by atoms with E-state index < -0.39 is 0 Å². The summed E-state index contributed by atoms with van der Waals surface area (Å²) in [6.07, 6.45) is 1.02. The van der Waals surface area contributed by atoms with Crippen molar-refractivity contribution in [1.29, 1.82) is 0 Å². The lowest BCUT2D eigenvalue weighted by molar-refractivity contribution is 0.750. The molecule has 0 nitrogen and oxygen atoms in total. The van der Waals surface area contributed by atoms with Crippen molar-refractivity contribution < 1.29 is 0 Å². The van der Waals surface area contributed by atoms with E-state index in [2.05, 4.69) is 50.0 Å². The van der Waals surface area contributed by atoms with Crippen molar-refractivity contribution in [2.45, 2.75) is 13.3 Å². The SMILES string of the molecule is [CH2]C#CC(C)Cc1ccccc1. The van der Waals surface area contributed by atoms with Gasteiger partial charge in [0.25, 0.3) is 0 Å². The van der Waals surface area contributed by atoms with Crippen molar-refractivity contribution in [3.8, 4) is 11.8 Å². The van der Waals surface area contributed by atoms with E-state index in [1.165, 1.54) is 5.56 Å². The molecule has 12 heavy (non-hydrogen) atoms. The second kappa shape index (κ2) is 4.62. The molecule has 61 valence electrons. The van der Waals surface area contributed by atoms with Gasteiger partial charge in [-0.05, 0) is 12.0 Å². The second-order valence-electron chi connectivity index (χ2n) is 2.91. The van der Waals surface area contributed by atoms with Crippen LogP contribution >= 0.6 is 0 Å². The van der Waals surface area contributed by atoms with Crippen molar-refractivity contribution >= 4 is 0 Å². The van der Waals surface area contributed by atoms with Crippen molar-refractivity contribution in [2.75, 3.05) is 0 Å². The molecule has 0 aromatic heterocycles. The predicted molar refractivity (Wildman–Crippen MR) is 52.4 cm³/mol. The molecule has 0 fully saturated rings. The van der Waals surface area contributed by atoms with E-state index in [0.717, 1.165) is 6.42 Å². The highest BCUT2D eigenvalue weighted by molar-refractivity contribution is 5.17. The Hall–Kier alpha value is -1.22. The van der Waals surface area contributed by atoms with E-state index in [1.54, 1.807) is 0 Å². The average molecular weight is 157 g/mol. The van der Waals surface area contributed by atoms with Gasteiger partial charge in [-0.2, -0.15) is 0 Å². The largest absolute Gasteiger partial charge is 0.102 e. The monoisotopic (exact) mass is 157 g/mol. The van der Waals surface area contributed by atoms with Gasteiger partial charge in [-0.1, -0.05) is 43.2 Å². The summed E-state index contributed by atoms with van der Waals surface area (Å²) in [4.78, 5) is 0. The van der Waals surface area contributed by atoms with Crippen LogP contribution in [0.1, 0.15) is 12.5 Å². The highest BCUT2D eigenvalue weighted by Gasteiger charge is 1.97. The molecule has 0 amide bonds. The summed E-state index contributed by atoms with van der Waals surface area (Å²) in [5, 5.41) is 0. The van der Waals surface area contributed by atoms with Crippen LogP contribution in [0.3, 0.4) is 0 Å². The van der Waals surface area contributed by atoms with Gasteiger partial charge in [0, 0.05) is 12.8 Å². The fourth-order valence-corrected chi connectivity index (χ4v) is 1.19. The highest BCUT2D eigenvalue weighted by atomic mass is 14.0. The van der Waals surface area contributed by atoms with E-state index in [1.807, 2.05) is 6.07 Å². The van der Waals surface area contributed by atoms with Crippen LogP contribution in [0.4, 0.5) is 0 Å². The molecule has 0 aliphatic rings. The number of benzene rings is 1. The van der Waals surface area contributed by atoms with Gasteiger partial charge in [0.05, 0.1) is 0 Å². The van der Waals surface area contributed by atoms with Gasteiger partial charge >= 0.3 is 0 Å². The van der Waals surface area contributed by atoms with Gasteiger partial charge in [0.2, 0.25) is 0 Å². The zero-order valence-electron chi connectivity index (χ0n) is 7.38. The van der Waals surface area contributed by atoms with Crippen molar-refractivity contribution in [2.24, 2.45) is 5.92 Å². The van der Waals surface area contributed by atoms with Crippen LogP contribution in [0, 0.1) is 24.7 Å². The van der Waals surface area contributed by atoms with Crippen LogP contribution < -0.4 is 0 Å². The van der Waals surface area contributed by atoms with Crippen LogP contribution in [0.2, 0.25) is 0 Å². The molecule has 1 atom stereocenters. The van der Waals surface area contributed by atoms with Crippen LogP contribution in [0.15, 0.2) is 30.3 Å². The first-order valence-corrected chi connectivity index (χ1v) is 4.14. The molecular formula is C12H13. The molecule has 1 rings (SSSR count). The summed E-state index contributed by atoms with van der Waals surface area (Å²) < 4.78 is 0. The van der Waals surface area contributed by atoms with E-state index in [4.69, 9.17) is 0 Å². The molecule has 1 unspecified atom stereocenters. The lowest BCUT2D eigenvalue weighted by Gasteiger charge is -2.02. The normalized spacial score (nSPS) is 11.5. The number of rotatable bonds is 2. The molecule has 0 heterocycles. The third-order valence-electron chi connectivity index (χ3n) is 1.73. The quantitative estimate of drug-likeness (QED) is 0.579. The van der Waals surface area contributed by atoms with Gasteiger partial charge in [-0.25, -0.2) is 0 Å². The topological polar surface area (TPSA) is 0 Å². The number of hydrogen-bond donors (Lipinski definition) is 0. The predicted octanol–water partition coefficient (Wildman–Crippen LogP) is 2.70. The summed E-state index contributed by atoms with van der Waals surface area (Å²) in [5.41, 5.74) is 1.34. The van der Waals surface area contributed by atoms with E-state index >= 15 is 0 Å². The van der Waals surface area contributed by atoms with Gasteiger partial charge in [-0.15, -0.1) is 5.92 Å². The maximum absolute atomic E-state index is 3.51. The average Bonchev–Trinajstić information content (AvgIpc) is 2.06. The molecule has 0 saturated carbocycles.